The van der Waals surface area contributed by atoms with E-state index in [-0.39, 0.29) is 16.8 Å². The summed E-state index contributed by atoms with van der Waals surface area (Å²) in [6.45, 7) is 0. The van der Waals surface area contributed by atoms with Gasteiger partial charge in [-0.15, -0.1) is 0 Å². The van der Waals surface area contributed by atoms with Gasteiger partial charge in [-0.25, -0.2) is 4.79 Å². The van der Waals surface area contributed by atoms with E-state index in [9.17, 15) is 18.0 Å². The summed E-state index contributed by atoms with van der Waals surface area (Å²) in [5, 5.41) is 2.78. The molecule has 0 atom stereocenters. The number of hydrogen-bond donors (Lipinski definition) is 1. The van der Waals surface area contributed by atoms with Gasteiger partial charge in [0.15, 0.2) is 0 Å². The standard InChI is InChI=1S/C12H12ClF3N2O/c1-18(11(19)17-8-3-4-8)10-6-7(12(14,15)16)2-5-9(10)13/h2,5-6,8H,3-4H2,1H3,(H,17,19). The minimum atomic E-state index is -4.47. The van der Waals surface area contributed by atoms with Gasteiger partial charge in [0.05, 0.1) is 16.3 Å². The maximum absolute atomic E-state index is 12.6. The van der Waals surface area contributed by atoms with Crippen LogP contribution in [0.15, 0.2) is 18.2 Å². The van der Waals surface area contributed by atoms with E-state index in [0.29, 0.717) is 0 Å². The van der Waals surface area contributed by atoms with E-state index in [1.54, 1.807) is 0 Å². The van der Waals surface area contributed by atoms with E-state index < -0.39 is 17.8 Å². The number of benzene rings is 1. The first-order valence-corrected chi connectivity index (χ1v) is 6.08. The summed E-state index contributed by atoms with van der Waals surface area (Å²) in [7, 11) is 1.39. The topological polar surface area (TPSA) is 32.3 Å². The molecule has 0 aliphatic heterocycles. The predicted molar refractivity (Wildman–Crippen MR) is 66.4 cm³/mol. The van der Waals surface area contributed by atoms with E-state index in [1.807, 2.05) is 0 Å². The van der Waals surface area contributed by atoms with Gasteiger partial charge in [0.1, 0.15) is 0 Å². The van der Waals surface area contributed by atoms with Crippen molar-refractivity contribution in [3.8, 4) is 0 Å². The predicted octanol–water partition coefficient (Wildman–Crippen LogP) is 3.67. The van der Waals surface area contributed by atoms with Crippen molar-refractivity contribution in [3.05, 3.63) is 28.8 Å². The Labute approximate surface area is 113 Å². The highest BCUT2D eigenvalue weighted by molar-refractivity contribution is 6.33. The number of anilines is 1. The van der Waals surface area contributed by atoms with Crippen molar-refractivity contribution >= 4 is 23.3 Å². The third kappa shape index (κ3) is 3.32. The van der Waals surface area contributed by atoms with Gasteiger partial charge in [-0.3, -0.25) is 4.90 Å². The van der Waals surface area contributed by atoms with Crippen LogP contribution >= 0.6 is 11.6 Å². The molecule has 0 radical (unpaired) electrons. The van der Waals surface area contributed by atoms with Gasteiger partial charge < -0.3 is 5.32 Å². The highest BCUT2D eigenvalue weighted by Gasteiger charge is 2.32. The molecule has 0 unspecified atom stereocenters. The van der Waals surface area contributed by atoms with Crippen LogP contribution in [-0.2, 0) is 6.18 Å². The summed E-state index contributed by atoms with van der Waals surface area (Å²) in [5.41, 5.74) is -0.799. The molecule has 19 heavy (non-hydrogen) atoms. The second-order valence-electron chi connectivity index (χ2n) is 4.45. The van der Waals surface area contributed by atoms with E-state index in [2.05, 4.69) is 5.32 Å². The van der Waals surface area contributed by atoms with Crippen molar-refractivity contribution in [1.82, 2.24) is 5.32 Å². The number of rotatable bonds is 2. The lowest BCUT2D eigenvalue weighted by molar-refractivity contribution is -0.137. The van der Waals surface area contributed by atoms with Crippen LogP contribution in [0.5, 0.6) is 0 Å². The lowest BCUT2D eigenvalue weighted by Gasteiger charge is -2.20. The molecule has 1 aliphatic rings. The third-order valence-electron chi connectivity index (χ3n) is 2.84. The van der Waals surface area contributed by atoms with Crippen LogP contribution in [0.4, 0.5) is 23.7 Å². The zero-order valence-corrected chi connectivity index (χ0v) is 10.8. The first kappa shape index (κ1) is 14.0. The Morgan fingerprint density at radius 1 is 1.42 bits per heavy atom. The van der Waals surface area contributed by atoms with Crippen molar-refractivity contribution in [1.29, 1.82) is 0 Å². The molecule has 1 aromatic carbocycles. The van der Waals surface area contributed by atoms with Crippen LogP contribution in [0.25, 0.3) is 0 Å². The van der Waals surface area contributed by atoms with Gasteiger partial charge in [-0.1, -0.05) is 11.6 Å². The lowest BCUT2D eigenvalue weighted by atomic mass is 10.2. The number of nitrogens with zero attached hydrogens (tertiary/aromatic N) is 1. The van der Waals surface area contributed by atoms with Crippen molar-refractivity contribution in [2.45, 2.75) is 25.1 Å². The molecule has 104 valence electrons. The molecule has 1 aliphatic carbocycles. The molecular formula is C12H12ClF3N2O. The monoisotopic (exact) mass is 292 g/mol. The minimum absolute atomic E-state index is 0.0367. The largest absolute Gasteiger partial charge is 0.416 e. The maximum Gasteiger partial charge on any atom is 0.416 e. The van der Waals surface area contributed by atoms with Gasteiger partial charge in [0.2, 0.25) is 0 Å². The zero-order valence-electron chi connectivity index (χ0n) is 10.1. The normalized spacial score (nSPS) is 15.2. The Kier molecular flexibility index (Phi) is 3.62. The lowest BCUT2D eigenvalue weighted by Crippen LogP contribution is -2.38. The fraction of sp³-hybridized carbons (Fsp3) is 0.417. The smallest absolute Gasteiger partial charge is 0.335 e. The van der Waals surface area contributed by atoms with E-state index in [1.165, 1.54) is 7.05 Å². The van der Waals surface area contributed by atoms with Crippen LogP contribution in [-0.4, -0.2) is 19.1 Å². The number of amides is 2. The van der Waals surface area contributed by atoms with Gasteiger partial charge in [-0.05, 0) is 31.0 Å². The molecule has 1 saturated carbocycles. The quantitative estimate of drug-likeness (QED) is 0.886. The summed E-state index contributed by atoms with van der Waals surface area (Å²) in [6.07, 6.45) is -2.67. The average Bonchev–Trinajstić information content (AvgIpc) is 3.11. The van der Waals surface area contributed by atoms with Gasteiger partial charge >= 0.3 is 12.2 Å². The molecule has 2 rings (SSSR count). The molecule has 3 nitrogen and oxygen atoms in total. The van der Waals surface area contributed by atoms with E-state index in [0.717, 1.165) is 35.9 Å². The summed E-state index contributed by atoms with van der Waals surface area (Å²) >= 11 is 5.85. The van der Waals surface area contributed by atoms with Gasteiger partial charge in [-0.2, -0.15) is 13.2 Å². The van der Waals surface area contributed by atoms with Crippen molar-refractivity contribution < 1.29 is 18.0 Å². The zero-order chi connectivity index (χ0) is 14.2. The molecule has 2 amide bonds. The molecular weight excluding hydrogens is 281 g/mol. The number of urea groups is 1. The molecule has 0 saturated heterocycles. The molecule has 0 bridgehead atoms. The van der Waals surface area contributed by atoms with E-state index in [4.69, 9.17) is 11.6 Å². The van der Waals surface area contributed by atoms with Gasteiger partial charge in [0.25, 0.3) is 0 Å². The first-order valence-electron chi connectivity index (χ1n) is 5.70. The van der Waals surface area contributed by atoms with Crippen LogP contribution < -0.4 is 10.2 Å². The van der Waals surface area contributed by atoms with Crippen molar-refractivity contribution in [2.24, 2.45) is 0 Å². The number of alkyl halides is 3. The highest BCUT2D eigenvalue weighted by Crippen LogP contribution is 2.35. The maximum atomic E-state index is 12.6. The third-order valence-corrected chi connectivity index (χ3v) is 3.16. The Hall–Kier alpha value is -1.43. The number of halogens is 4. The van der Waals surface area contributed by atoms with Crippen LogP contribution in [0.2, 0.25) is 5.02 Å². The van der Waals surface area contributed by atoms with Crippen molar-refractivity contribution in [3.63, 3.8) is 0 Å². The Balaban J connectivity index is 2.24. The summed E-state index contributed by atoms with van der Waals surface area (Å²) < 4.78 is 37.9. The minimum Gasteiger partial charge on any atom is -0.335 e. The van der Waals surface area contributed by atoms with Crippen LogP contribution in [0.3, 0.4) is 0 Å². The number of nitrogens with one attached hydrogen (secondary N) is 1. The Morgan fingerprint density at radius 3 is 2.58 bits per heavy atom. The second kappa shape index (κ2) is 4.92. The SMILES string of the molecule is CN(C(=O)NC1CC1)c1cc(C(F)(F)F)ccc1Cl. The molecule has 1 N–H and O–H groups in total. The van der Waals surface area contributed by atoms with Crippen LogP contribution in [0.1, 0.15) is 18.4 Å². The first-order chi connectivity index (χ1) is 8.79. The average molecular weight is 293 g/mol. The summed E-state index contributed by atoms with van der Waals surface area (Å²) in [4.78, 5) is 12.9. The Morgan fingerprint density at radius 2 is 2.05 bits per heavy atom. The highest BCUT2D eigenvalue weighted by atomic mass is 35.5. The van der Waals surface area contributed by atoms with Crippen molar-refractivity contribution in [2.75, 3.05) is 11.9 Å². The number of carbonyl (C=O) groups excluding carboxylic acids is 1. The van der Waals surface area contributed by atoms with Gasteiger partial charge in [0, 0.05) is 13.1 Å². The van der Waals surface area contributed by atoms with Crippen LogP contribution in [0, 0.1) is 0 Å². The number of carbonyl (C=O) groups is 1. The molecule has 7 heteroatoms. The van der Waals surface area contributed by atoms with E-state index >= 15 is 0 Å². The fourth-order valence-corrected chi connectivity index (χ4v) is 1.80. The summed E-state index contributed by atoms with van der Waals surface area (Å²) in [5.74, 6) is 0. The number of hydrogen-bond acceptors (Lipinski definition) is 1. The second-order valence-corrected chi connectivity index (χ2v) is 4.85. The molecule has 0 aromatic heterocycles. The molecule has 1 fully saturated rings. The fourth-order valence-electron chi connectivity index (χ4n) is 1.55. The molecule has 1 aromatic rings. The molecule has 0 heterocycles. The Bertz CT molecular complexity index is 500. The summed E-state index contributed by atoms with van der Waals surface area (Å²) in [6, 6.07) is 2.57. The molecule has 0 spiro atoms.